The molecule has 0 fully saturated rings. The van der Waals surface area contributed by atoms with Crippen LogP contribution < -0.4 is 4.31 Å². The molecule has 0 radical (unpaired) electrons. The Morgan fingerprint density at radius 1 is 1.10 bits per heavy atom. The van der Waals surface area contributed by atoms with E-state index in [9.17, 15) is 22.6 Å². The largest absolute Gasteiger partial charge is 0.416 e. The van der Waals surface area contributed by atoms with E-state index in [0.717, 1.165) is 23.4 Å². The van der Waals surface area contributed by atoms with Crippen LogP contribution >= 0.6 is 0 Å². The van der Waals surface area contributed by atoms with Crippen molar-refractivity contribution in [3.63, 3.8) is 0 Å². The molecule has 0 aliphatic carbocycles. The van der Waals surface area contributed by atoms with Crippen LogP contribution in [0.1, 0.15) is 31.9 Å². The number of aromatic nitrogens is 1. The van der Waals surface area contributed by atoms with E-state index in [1.807, 2.05) is 45.0 Å². The molecule has 1 aromatic heterocycles. The highest BCUT2D eigenvalue weighted by atomic mass is 32.2. The summed E-state index contributed by atoms with van der Waals surface area (Å²) in [4.78, 5) is 0. The zero-order chi connectivity index (χ0) is 22.1. The number of hydrogen-bond donors (Lipinski definition) is 0. The predicted molar refractivity (Wildman–Crippen MR) is 114 cm³/mol. The second kappa shape index (κ2) is 8.52. The quantitative estimate of drug-likeness (QED) is 0.499. The first kappa shape index (κ1) is 21.9. The molecule has 3 rings (SSSR count). The summed E-state index contributed by atoms with van der Waals surface area (Å²) in [6.45, 7) is 6.60. The van der Waals surface area contributed by atoms with E-state index in [1.165, 1.54) is 6.07 Å². The van der Waals surface area contributed by atoms with Crippen LogP contribution in [0.3, 0.4) is 0 Å². The maximum atomic E-state index is 13.2. The average molecular weight is 433 g/mol. The average Bonchev–Trinajstić information content (AvgIpc) is 3.06. The van der Waals surface area contributed by atoms with Crippen LogP contribution in [0.2, 0.25) is 0 Å². The maximum absolute atomic E-state index is 13.2. The van der Waals surface area contributed by atoms with Gasteiger partial charge in [0.15, 0.2) is 0 Å². The van der Waals surface area contributed by atoms with E-state index in [1.54, 1.807) is 8.87 Å². The Balaban J connectivity index is 2.18. The minimum atomic E-state index is -4.45. The molecule has 0 aliphatic rings. The SMILES string of the molecule is CCN(c1ccc(-c2c(C#N)c3ccc(C(F)(F)F)cc3n2CC)cc1)S(=O)CC. The molecule has 4 nitrogen and oxygen atoms in total. The third-order valence-electron chi connectivity index (χ3n) is 5.03. The fourth-order valence-corrected chi connectivity index (χ4v) is 4.61. The Bertz CT molecular complexity index is 1130. The number of aryl methyl sites for hydroxylation is 1. The van der Waals surface area contributed by atoms with Crippen LogP contribution in [0.25, 0.3) is 22.2 Å². The lowest BCUT2D eigenvalue weighted by Gasteiger charge is -2.21. The Labute approximate surface area is 176 Å². The van der Waals surface area contributed by atoms with Gasteiger partial charge in [-0.2, -0.15) is 18.4 Å². The summed E-state index contributed by atoms with van der Waals surface area (Å²) >= 11 is 0. The predicted octanol–water partition coefficient (Wildman–Crippen LogP) is 5.73. The molecular formula is C22H22F3N3OS. The van der Waals surface area contributed by atoms with Crippen molar-refractivity contribution in [1.29, 1.82) is 5.26 Å². The van der Waals surface area contributed by atoms with Gasteiger partial charge < -0.3 is 4.57 Å². The molecule has 1 heterocycles. The fraction of sp³-hybridized carbons (Fsp3) is 0.318. The van der Waals surface area contributed by atoms with Crippen LogP contribution in [-0.2, 0) is 23.7 Å². The molecule has 0 saturated heterocycles. The van der Waals surface area contributed by atoms with Crippen molar-refractivity contribution < 1.29 is 17.4 Å². The summed E-state index contributed by atoms with van der Waals surface area (Å²) in [5.74, 6) is 0.500. The van der Waals surface area contributed by atoms with Gasteiger partial charge in [0.2, 0.25) is 0 Å². The van der Waals surface area contributed by atoms with Gasteiger partial charge in [0.05, 0.1) is 22.3 Å². The van der Waals surface area contributed by atoms with Crippen molar-refractivity contribution in [3.05, 3.63) is 53.6 Å². The van der Waals surface area contributed by atoms with Gasteiger partial charge in [-0.15, -0.1) is 0 Å². The van der Waals surface area contributed by atoms with Crippen LogP contribution in [-0.4, -0.2) is 21.1 Å². The number of halogens is 3. The standard InChI is InChI=1S/C22H22F3N3OS/c1-4-27-20-13-16(22(23,24)25)9-12-18(20)19(14-26)21(27)15-7-10-17(11-8-15)28(5-2)30(29)6-3/h7-13H,4-6H2,1-3H3. The number of benzene rings is 2. The van der Waals surface area contributed by atoms with Crippen molar-refractivity contribution in [1.82, 2.24) is 4.57 Å². The Hall–Kier alpha value is -2.79. The first-order chi connectivity index (χ1) is 14.3. The molecule has 0 spiro atoms. The lowest BCUT2D eigenvalue weighted by atomic mass is 10.0. The number of fused-ring (bicyclic) bond motifs is 1. The second-order valence-corrected chi connectivity index (χ2v) is 8.32. The summed E-state index contributed by atoms with van der Waals surface area (Å²) in [5, 5.41) is 10.3. The molecule has 158 valence electrons. The zero-order valence-corrected chi connectivity index (χ0v) is 17.8. The Morgan fingerprint density at radius 3 is 2.27 bits per heavy atom. The molecule has 0 saturated carbocycles. The lowest BCUT2D eigenvalue weighted by Crippen LogP contribution is -2.26. The highest BCUT2D eigenvalue weighted by Crippen LogP contribution is 2.38. The molecule has 0 amide bonds. The monoisotopic (exact) mass is 433 g/mol. The summed E-state index contributed by atoms with van der Waals surface area (Å²) in [6.07, 6.45) is -4.45. The van der Waals surface area contributed by atoms with E-state index in [4.69, 9.17) is 0 Å². The molecule has 8 heteroatoms. The van der Waals surface area contributed by atoms with E-state index in [-0.39, 0.29) is 0 Å². The molecule has 0 aliphatic heterocycles. The minimum absolute atomic E-state index is 0.345. The Morgan fingerprint density at radius 2 is 1.77 bits per heavy atom. The van der Waals surface area contributed by atoms with Crippen molar-refractivity contribution in [2.24, 2.45) is 0 Å². The smallest absolute Gasteiger partial charge is 0.340 e. The lowest BCUT2D eigenvalue weighted by molar-refractivity contribution is -0.137. The van der Waals surface area contributed by atoms with Gasteiger partial charge in [0.1, 0.15) is 17.1 Å². The van der Waals surface area contributed by atoms with Gasteiger partial charge in [-0.3, -0.25) is 4.31 Å². The van der Waals surface area contributed by atoms with Gasteiger partial charge in [-0.25, -0.2) is 4.21 Å². The third-order valence-corrected chi connectivity index (χ3v) is 6.48. The van der Waals surface area contributed by atoms with Gasteiger partial charge in [-0.05, 0) is 43.7 Å². The second-order valence-electron chi connectivity index (χ2n) is 6.66. The van der Waals surface area contributed by atoms with E-state index in [2.05, 4.69) is 6.07 Å². The zero-order valence-electron chi connectivity index (χ0n) is 17.0. The highest BCUT2D eigenvalue weighted by Gasteiger charge is 2.31. The summed E-state index contributed by atoms with van der Waals surface area (Å²) in [5.41, 5.74) is 2.08. The number of hydrogen-bond acceptors (Lipinski definition) is 2. The highest BCUT2D eigenvalue weighted by molar-refractivity contribution is 7.86. The van der Waals surface area contributed by atoms with Crippen LogP contribution in [0, 0.1) is 11.3 Å². The Kier molecular flexibility index (Phi) is 6.22. The number of alkyl halides is 3. The number of anilines is 1. The molecule has 1 atom stereocenters. The number of rotatable bonds is 6. The minimum Gasteiger partial charge on any atom is -0.340 e. The summed E-state index contributed by atoms with van der Waals surface area (Å²) < 4.78 is 55.4. The number of nitriles is 1. The topological polar surface area (TPSA) is 49.0 Å². The van der Waals surface area contributed by atoms with E-state index >= 15 is 0 Å². The third kappa shape index (κ3) is 3.82. The van der Waals surface area contributed by atoms with Gasteiger partial charge in [0, 0.05) is 29.9 Å². The normalized spacial score (nSPS) is 12.7. The molecular weight excluding hydrogens is 411 g/mol. The fourth-order valence-electron chi connectivity index (χ4n) is 3.65. The van der Waals surface area contributed by atoms with Crippen molar-refractivity contribution in [2.45, 2.75) is 33.5 Å². The molecule has 2 aromatic carbocycles. The van der Waals surface area contributed by atoms with Crippen LogP contribution in [0.5, 0.6) is 0 Å². The summed E-state index contributed by atoms with van der Waals surface area (Å²) in [7, 11) is -1.13. The molecule has 3 aromatic rings. The molecule has 1 unspecified atom stereocenters. The first-order valence-electron chi connectivity index (χ1n) is 9.66. The van der Waals surface area contributed by atoms with Crippen molar-refractivity contribution in [2.75, 3.05) is 16.6 Å². The van der Waals surface area contributed by atoms with E-state index < -0.39 is 22.7 Å². The number of nitrogens with zero attached hydrogens (tertiary/aromatic N) is 3. The van der Waals surface area contributed by atoms with Gasteiger partial charge >= 0.3 is 6.18 Å². The molecule has 30 heavy (non-hydrogen) atoms. The molecule has 0 bridgehead atoms. The summed E-state index contributed by atoms with van der Waals surface area (Å²) in [6, 6.07) is 12.9. The van der Waals surface area contributed by atoms with Gasteiger partial charge in [0.25, 0.3) is 0 Å². The van der Waals surface area contributed by atoms with Crippen molar-refractivity contribution >= 4 is 27.6 Å². The maximum Gasteiger partial charge on any atom is 0.416 e. The first-order valence-corrected chi connectivity index (χ1v) is 10.9. The van der Waals surface area contributed by atoms with Crippen LogP contribution in [0.15, 0.2) is 42.5 Å². The molecule has 0 N–H and O–H groups in total. The van der Waals surface area contributed by atoms with Gasteiger partial charge in [-0.1, -0.05) is 25.1 Å². The van der Waals surface area contributed by atoms with Crippen molar-refractivity contribution in [3.8, 4) is 17.3 Å². The van der Waals surface area contributed by atoms with Crippen LogP contribution in [0.4, 0.5) is 18.9 Å². The van der Waals surface area contributed by atoms with E-state index in [0.29, 0.717) is 41.0 Å².